The van der Waals surface area contributed by atoms with Crippen LogP contribution in [0.25, 0.3) is 11.3 Å². The Morgan fingerprint density at radius 1 is 1.08 bits per heavy atom. The Morgan fingerprint density at radius 3 is 2.64 bits per heavy atom. The van der Waals surface area contributed by atoms with Gasteiger partial charge in [-0.25, -0.2) is 0 Å². The highest BCUT2D eigenvalue weighted by atomic mass is 35.5. The van der Waals surface area contributed by atoms with Crippen molar-refractivity contribution in [2.24, 2.45) is 0 Å². The number of hydrogen-bond donors (Lipinski definition) is 1. The molecule has 2 heterocycles. The van der Waals surface area contributed by atoms with E-state index in [1.807, 2.05) is 36.4 Å². The fraction of sp³-hybridized carbons (Fsp3) is 0.444. The monoisotopic (exact) mass is 406 g/mol. The van der Waals surface area contributed by atoms with E-state index >= 15 is 0 Å². The summed E-state index contributed by atoms with van der Waals surface area (Å²) in [6.07, 6.45) is 1.14. The molecule has 0 radical (unpaired) electrons. The second-order valence-electron chi connectivity index (χ2n) is 5.76. The van der Waals surface area contributed by atoms with Gasteiger partial charge in [0, 0.05) is 23.7 Å². The zero-order valence-electron chi connectivity index (χ0n) is 14.1. The van der Waals surface area contributed by atoms with E-state index in [9.17, 15) is 0 Å². The Balaban J connectivity index is 0.00000156. The topological polar surface area (TPSA) is 37.6 Å². The molecule has 3 rings (SSSR count). The molecule has 1 fully saturated rings. The van der Waals surface area contributed by atoms with Crippen LogP contribution in [0.2, 0.25) is 5.02 Å². The summed E-state index contributed by atoms with van der Waals surface area (Å²) in [6.45, 7) is 6.72. The summed E-state index contributed by atoms with van der Waals surface area (Å²) < 4.78 is 11.2. The number of rotatable bonds is 7. The smallest absolute Gasteiger partial charge is 0.134 e. The van der Waals surface area contributed by atoms with Gasteiger partial charge in [-0.1, -0.05) is 23.7 Å². The molecule has 25 heavy (non-hydrogen) atoms. The van der Waals surface area contributed by atoms with Crippen molar-refractivity contribution in [2.45, 2.75) is 13.0 Å². The highest BCUT2D eigenvalue weighted by Gasteiger charge is 2.09. The molecular formula is C18H25Cl3N2O2. The molecule has 4 nitrogen and oxygen atoms in total. The molecule has 0 saturated carbocycles. The summed E-state index contributed by atoms with van der Waals surface area (Å²) in [5, 5.41) is 4.16. The van der Waals surface area contributed by atoms with Gasteiger partial charge >= 0.3 is 0 Å². The van der Waals surface area contributed by atoms with Gasteiger partial charge in [0.2, 0.25) is 0 Å². The van der Waals surface area contributed by atoms with Crippen LogP contribution in [0.4, 0.5) is 0 Å². The summed E-state index contributed by atoms with van der Waals surface area (Å²) in [7, 11) is 0. The van der Waals surface area contributed by atoms with Crippen molar-refractivity contribution in [3.8, 4) is 11.3 Å². The zero-order chi connectivity index (χ0) is 15.9. The molecule has 1 saturated heterocycles. The molecule has 7 heteroatoms. The zero-order valence-corrected chi connectivity index (χ0v) is 16.5. The minimum atomic E-state index is 0. The highest BCUT2D eigenvalue weighted by molar-refractivity contribution is 6.30. The lowest BCUT2D eigenvalue weighted by atomic mass is 10.2. The number of furan rings is 1. The molecule has 0 spiro atoms. The predicted molar refractivity (Wildman–Crippen MR) is 107 cm³/mol. The van der Waals surface area contributed by atoms with E-state index in [4.69, 9.17) is 20.8 Å². The fourth-order valence-corrected chi connectivity index (χ4v) is 2.92. The van der Waals surface area contributed by atoms with Crippen molar-refractivity contribution in [2.75, 3.05) is 39.4 Å². The number of nitrogens with one attached hydrogen (secondary N) is 1. The van der Waals surface area contributed by atoms with Crippen LogP contribution in [0.15, 0.2) is 40.8 Å². The quantitative estimate of drug-likeness (QED) is 0.696. The molecule has 1 aliphatic heterocycles. The van der Waals surface area contributed by atoms with Crippen molar-refractivity contribution >= 4 is 36.4 Å². The van der Waals surface area contributed by atoms with Gasteiger partial charge in [-0.05, 0) is 43.8 Å². The second kappa shape index (κ2) is 11.8. The Hall–Kier alpha value is -0.750. The molecule has 1 N–H and O–H groups in total. The molecule has 0 unspecified atom stereocenters. The largest absolute Gasteiger partial charge is 0.460 e. The summed E-state index contributed by atoms with van der Waals surface area (Å²) in [6, 6.07) is 11.7. The average Bonchev–Trinajstić information content (AvgIpc) is 3.04. The van der Waals surface area contributed by atoms with Crippen LogP contribution in [0.3, 0.4) is 0 Å². The number of morpholine rings is 1. The van der Waals surface area contributed by atoms with Crippen LogP contribution in [0, 0.1) is 0 Å². The first-order valence-electron chi connectivity index (χ1n) is 8.17. The number of nitrogens with zero attached hydrogens (tertiary/aromatic N) is 1. The van der Waals surface area contributed by atoms with E-state index in [0.717, 1.165) is 74.5 Å². The van der Waals surface area contributed by atoms with E-state index in [2.05, 4.69) is 10.2 Å². The van der Waals surface area contributed by atoms with Crippen LogP contribution in [-0.4, -0.2) is 44.3 Å². The molecule has 0 atom stereocenters. The Labute approximate surface area is 166 Å². The van der Waals surface area contributed by atoms with Crippen LogP contribution in [-0.2, 0) is 11.3 Å². The van der Waals surface area contributed by atoms with Crippen LogP contribution >= 0.6 is 36.4 Å². The average molecular weight is 408 g/mol. The van der Waals surface area contributed by atoms with E-state index in [0.29, 0.717) is 0 Å². The molecule has 0 amide bonds. The molecule has 2 aromatic rings. The van der Waals surface area contributed by atoms with Gasteiger partial charge in [-0.2, -0.15) is 0 Å². The lowest BCUT2D eigenvalue weighted by Gasteiger charge is -2.26. The van der Waals surface area contributed by atoms with Crippen molar-refractivity contribution in [1.82, 2.24) is 10.2 Å². The SMILES string of the molecule is Cl.Cl.Clc1cccc(-c2ccc(CNCCCN3CCOCC3)o2)c1. The minimum Gasteiger partial charge on any atom is -0.460 e. The van der Waals surface area contributed by atoms with E-state index in [1.165, 1.54) is 0 Å². The fourth-order valence-electron chi connectivity index (χ4n) is 2.73. The van der Waals surface area contributed by atoms with Gasteiger partial charge < -0.3 is 14.5 Å². The Bertz CT molecular complexity index is 616. The van der Waals surface area contributed by atoms with Gasteiger partial charge in [0.05, 0.1) is 19.8 Å². The first kappa shape index (κ1) is 22.3. The van der Waals surface area contributed by atoms with E-state index < -0.39 is 0 Å². The van der Waals surface area contributed by atoms with E-state index in [1.54, 1.807) is 0 Å². The summed E-state index contributed by atoms with van der Waals surface area (Å²) in [5.74, 6) is 1.81. The molecule has 1 aromatic heterocycles. The standard InChI is InChI=1S/C18H23ClN2O2.2ClH/c19-16-4-1-3-15(13-16)18-6-5-17(23-18)14-20-7-2-8-21-9-11-22-12-10-21;;/h1,3-6,13,20H,2,7-12,14H2;2*1H. The number of ether oxygens (including phenoxy) is 1. The lowest BCUT2D eigenvalue weighted by molar-refractivity contribution is 0.0374. The van der Waals surface area contributed by atoms with Crippen molar-refractivity contribution in [3.05, 3.63) is 47.2 Å². The predicted octanol–water partition coefficient (Wildman–Crippen LogP) is 4.26. The van der Waals surface area contributed by atoms with Crippen LogP contribution in [0.5, 0.6) is 0 Å². The maximum absolute atomic E-state index is 6.02. The van der Waals surface area contributed by atoms with Crippen LogP contribution in [0.1, 0.15) is 12.2 Å². The van der Waals surface area contributed by atoms with Crippen molar-refractivity contribution in [1.29, 1.82) is 0 Å². The first-order valence-corrected chi connectivity index (χ1v) is 8.54. The Kier molecular flexibility index (Phi) is 10.5. The van der Waals surface area contributed by atoms with E-state index in [-0.39, 0.29) is 24.8 Å². The first-order chi connectivity index (χ1) is 11.3. The van der Waals surface area contributed by atoms with Gasteiger partial charge in [0.1, 0.15) is 11.5 Å². The third-order valence-corrected chi connectivity index (χ3v) is 4.24. The van der Waals surface area contributed by atoms with Crippen molar-refractivity contribution in [3.63, 3.8) is 0 Å². The van der Waals surface area contributed by atoms with Gasteiger partial charge in [0.15, 0.2) is 0 Å². The third-order valence-electron chi connectivity index (χ3n) is 4.00. The van der Waals surface area contributed by atoms with Crippen LogP contribution < -0.4 is 5.32 Å². The van der Waals surface area contributed by atoms with Crippen molar-refractivity contribution < 1.29 is 9.15 Å². The summed E-state index contributed by atoms with van der Waals surface area (Å²) in [5.41, 5.74) is 1.01. The molecular weight excluding hydrogens is 383 g/mol. The third kappa shape index (κ3) is 7.18. The molecule has 1 aromatic carbocycles. The minimum absolute atomic E-state index is 0. The Morgan fingerprint density at radius 2 is 1.88 bits per heavy atom. The number of hydrogen-bond acceptors (Lipinski definition) is 4. The summed E-state index contributed by atoms with van der Waals surface area (Å²) >= 11 is 6.02. The molecule has 140 valence electrons. The highest BCUT2D eigenvalue weighted by Crippen LogP contribution is 2.24. The van der Waals surface area contributed by atoms with Gasteiger partial charge in [0.25, 0.3) is 0 Å². The normalized spacial score (nSPS) is 14.6. The lowest BCUT2D eigenvalue weighted by Crippen LogP contribution is -2.37. The van der Waals surface area contributed by atoms with Gasteiger partial charge in [-0.3, -0.25) is 4.90 Å². The molecule has 1 aliphatic rings. The molecule has 0 aliphatic carbocycles. The number of halogens is 3. The summed E-state index contributed by atoms with van der Waals surface area (Å²) in [4.78, 5) is 2.45. The van der Waals surface area contributed by atoms with Gasteiger partial charge in [-0.15, -0.1) is 24.8 Å². The maximum Gasteiger partial charge on any atom is 0.134 e. The molecule has 0 bridgehead atoms. The maximum atomic E-state index is 6.02. The number of benzene rings is 1. The second-order valence-corrected chi connectivity index (χ2v) is 6.20.